The van der Waals surface area contributed by atoms with Crippen molar-refractivity contribution in [3.05, 3.63) is 50.5 Å². The average Bonchev–Trinajstić information content (AvgIpc) is 3.02. The second-order valence-corrected chi connectivity index (χ2v) is 6.23. The molecule has 0 aliphatic carbocycles. The summed E-state index contributed by atoms with van der Waals surface area (Å²) < 4.78 is 14.7. The maximum atomic E-state index is 14.7. The van der Waals surface area contributed by atoms with E-state index in [1.807, 2.05) is 6.92 Å². The summed E-state index contributed by atoms with van der Waals surface area (Å²) in [7, 11) is 0. The third-order valence-corrected chi connectivity index (χ3v) is 4.90. The van der Waals surface area contributed by atoms with E-state index in [0.717, 1.165) is 12.3 Å². The first-order chi connectivity index (χ1) is 11.5. The summed E-state index contributed by atoms with van der Waals surface area (Å²) in [6.07, 6.45) is 1.58. The topological polar surface area (TPSA) is 83.1 Å². The van der Waals surface area contributed by atoms with E-state index in [1.165, 1.54) is 11.3 Å². The molecular formula is C16H12ClFN2O3S. The van der Waals surface area contributed by atoms with E-state index in [9.17, 15) is 14.0 Å². The summed E-state index contributed by atoms with van der Waals surface area (Å²) in [6.45, 7) is 1.83. The Labute approximate surface area is 144 Å². The highest BCUT2D eigenvalue weighted by molar-refractivity contribution is 7.13. The number of carbonyl (C=O) groups is 1. The van der Waals surface area contributed by atoms with Gasteiger partial charge >= 0.3 is 5.97 Å². The zero-order valence-electron chi connectivity index (χ0n) is 12.5. The maximum Gasteiger partial charge on any atom is 0.341 e. The molecule has 124 valence electrons. The molecular weight excluding hydrogens is 355 g/mol. The number of pyridine rings is 1. The van der Waals surface area contributed by atoms with Gasteiger partial charge in [-0.15, -0.1) is 22.9 Å². The smallest absolute Gasteiger partial charge is 0.341 e. The van der Waals surface area contributed by atoms with Gasteiger partial charge in [0.15, 0.2) is 0 Å². The van der Waals surface area contributed by atoms with Crippen LogP contribution in [0.2, 0.25) is 0 Å². The molecule has 0 fully saturated rings. The number of H-pyrrole nitrogens is 1. The summed E-state index contributed by atoms with van der Waals surface area (Å²) in [5.41, 5.74) is 0.825. The number of benzene rings is 1. The molecule has 0 unspecified atom stereocenters. The molecule has 0 atom stereocenters. The third kappa shape index (κ3) is 2.59. The van der Waals surface area contributed by atoms with Gasteiger partial charge in [0, 0.05) is 17.0 Å². The molecule has 0 spiro atoms. The second kappa shape index (κ2) is 6.33. The fraction of sp³-hybridized carbons (Fsp3) is 0.188. The Morgan fingerprint density at radius 3 is 2.83 bits per heavy atom. The summed E-state index contributed by atoms with van der Waals surface area (Å²) >= 11 is 7.02. The Morgan fingerprint density at radius 1 is 1.50 bits per heavy atom. The Hall–Kier alpha value is -2.25. The minimum absolute atomic E-state index is 0.0159. The number of nitrogens with zero attached hydrogens (tertiary/aromatic N) is 1. The monoisotopic (exact) mass is 366 g/mol. The average molecular weight is 367 g/mol. The normalized spacial score (nSPS) is 11.1. The lowest BCUT2D eigenvalue weighted by Gasteiger charge is -2.11. The van der Waals surface area contributed by atoms with Gasteiger partial charge in [0.2, 0.25) is 5.43 Å². The van der Waals surface area contributed by atoms with Gasteiger partial charge in [0.1, 0.15) is 16.4 Å². The number of hydrogen-bond acceptors (Lipinski definition) is 4. The molecule has 0 aliphatic rings. The Balaban J connectivity index is 2.36. The predicted molar refractivity (Wildman–Crippen MR) is 91.5 cm³/mol. The van der Waals surface area contributed by atoms with Crippen LogP contribution in [0.15, 0.2) is 22.4 Å². The highest BCUT2D eigenvalue weighted by atomic mass is 35.5. The van der Waals surface area contributed by atoms with Crippen molar-refractivity contribution >= 4 is 39.8 Å². The number of alkyl halides is 1. The first-order valence-corrected chi connectivity index (χ1v) is 8.50. The summed E-state index contributed by atoms with van der Waals surface area (Å²) in [5.74, 6) is -1.73. The van der Waals surface area contributed by atoms with Gasteiger partial charge in [-0.25, -0.2) is 14.2 Å². The van der Waals surface area contributed by atoms with Gasteiger partial charge in [-0.3, -0.25) is 4.79 Å². The molecule has 0 saturated heterocycles. The molecule has 0 saturated carbocycles. The molecule has 3 rings (SSSR count). The Bertz CT molecular complexity index is 1010. The first kappa shape index (κ1) is 16.6. The number of rotatable bonds is 4. The molecule has 24 heavy (non-hydrogen) atoms. The van der Waals surface area contributed by atoms with E-state index >= 15 is 0 Å². The Morgan fingerprint density at radius 2 is 2.25 bits per heavy atom. The number of carboxylic acid groups (broad SMARTS) is 1. The van der Waals surface area contributed by atoms with Crippen LogP contribution in [0.4, 0.5) is 4.39 Å². The van der Waals surface area contributed by atoms with Crippen molar-refractivity contribution in [2.45, 2.75) is 19.2 Å². The van der Waals surface area contributed by atoms with Gasteiger partial charge in [0.25, 0.3) is 0 Å². The van der Waals surface area contributed by atoms with Gasteiger partial charge in [-0.2, -0.15) is 0 Å². The number of carboxylic acids is 1. The summed E-state index contributed by atoms with van der Waals surface area (Å²) in [5, 5.41) is 11.3. The molecule has 2 heterocycles. The summed E-state index contributed by atoms with van der Waals surface area (Å²) in [6, 6.07) is 1.07. The van der Waals surface area contributed by atoms with Crippen molar-refractivity contribution in [1.29, 1.82) is 0 Å². The fourth-order valence-electron chi connectivity index (χ4n) is 2.63. The number of halogens is 2. The third-order valence-electron chi connectivity index (χ3n) is 3.72. The number of aryl methyl sites for hydroxylation is 1. The number of nitrogens with one attached hydrogen (secondary N) is 1. The standard InChI is InChI=1S/C16H12ClFN2O3S/c1-2-8-12(15-20-7(4-17)6-24-15)11(18)3-9-13(8)19-5-10(14(9)21)16(22)23/h3,5-6H,2,4H2,1H3,(H,19,21)(H,22,23). The quantitative estimate of drug-likeness (QED) is 0.688. The molecule has 5 nitrogen and oxygen atoms in total. The van der Waals surface area contributed by atoms with Crippen LogP contribution >= 0.6 is 22.9 Å². The minimum Gasteiger partial charge on any atom is -0.477 e. The molecule has 3 aromatic rings. The molecule has 0 aliphatic heterocycles. The SMILES string of the molecule is CCc1c(-c2nc(CCl)cs2)c(F)cc2c(=O)c(C(=O)O)c[nH]c12. The lowest BCUT2D eigenvalue weighted by atomic mass is 9.99. The van der Waals surface area contributed by atoms with Crippen molar-refractivity contribution < 1.29 is 14.3 Å². The van der Waals surface area contributed by atoms with Crippen LogP contribution in [0.25, 0.3) is 21.5 Å². The van der Waals surface area contributed by atoms with Crippen LogP contribution in [0.3, 0.4) is 0 Å². The molecule has 2 N–H and O–H groups in total. The van der Waals surface area contributed by atoms with Crippen LogP contribution in [-0.2, 0) is 12.3 Å². The summed E-state index contributed by atoms with van der Waals surface area (Å²) in [4.78, 5) is 30.5. The molecule has 0 radical (unpaired) electrons. The van der Waals surface area contributed by atoms with Gasteiger partial charge in [0.05, 0.1) is 22.7 Å². The highest BCUT2D eigenvalue weighted by Crippen LogP contribution is 2.34. The van der Waals surface area contributed by atoms with E-state index < -0.39 is 22.8 Å². The van der Waals surface area contributed by atoms with E-state index in [4.69, 9.17) is 16.7 Å². The molecule has 8 heteroatoms. The lowest BCUT2D eigenvalue weighted by molar-refractivity contribution is 0.0695. The van der Waals surface area contributed by atoms with E-state index in [2.05, 4.69) is 9.97 Å². The van der Waals surface area contributed by atoms with Crippen molar-refractivity contribution in [3.8, 4) is 10.6 Å². The lowest BCUT2D eigenvalue weighted by Crippen LogP contribution is -2.16. The maximum absolute atomic E-state index is 14.7. The Kier molecular flexibility index (Phi) is 4.38. The van der Waals surface area contributed by atoms with Crippen molar-refractivity contribution in [1.82, 2.24) is 9.97 Å². The number of aromatic nitrogens is 2. The number of aromatic amines is 1. The number of hydrogen-bond donors (Lipinski definition) is 2. The highest BCUT2D eigenvalue weighted by Gasteiger charge is 2.21. The van der Waals surface area contributed by atoms with Gasteiger partial charge < -0.3 is 10.1 Å². The van der Waals surface area contributed by atoms with Crippen molar-refractivity contribution in [2.24, 2.45) is 0 Å². The zero-order valence-corrected chi connectivity index (χ0v) is 14.1. The molecule has 0 amide bonds. The minimum atomic E-state index is -1.35. The van der Waals surface area contributed by atoms with Gasteiger partial charge in [-0.1, -0.05) is 6.92 Å². The number of aromatic carboxylic acids is 1. The predicted octanol–water partition coefficient (Wildman–Crippen LogP) is 3.79. The van der Waals surface area contributed by atoms with E-state index in [0.29, 0.717) is 33.8 Å². The first-order valence-electron chi connectivity index (χ1n) is 7.08. The number of thiazole rings is 1. The number of fused-ring (bicyclic) bond motifs is 1. The van der Waals surface area contributed by atoms with Crippen LogP contribution in [-0.4, -0.2) is 21.0 Å². The fourth-order valence-corrected chi connectivity index (χ4v) is 3.75. The van der Waals surface area contributed by atoms with Crippen molar-refractivity contribution in [2.75, 3.05) is 0 Å². The molecule has 1 aromatic carbocycles. The van der Waals surface area contributed by atoms with Crippen molar-refractivity contribution in [3.63, 3.8) is 0 Å². The van der Waals surface area contributed by atoms with Gasteiger partial charge in [-0.05, 0) is 18.1 Å². The largest absolute Gasteiger partial charge is 0.477 e. The van der Waals surface area contributed by atoms with Crippen LogP contribution in [0.5, 0.6) is 0 Å². The molecule has 0 bridgehead atoms. The van der Waals surface area contributed by atoms with E-state index in [-0.39, 0.29) is 11.3 Å². The zero-order chi connectivity index (χ0) is 17.4. The molecule has 2 aromatic heterocycles. The van der Waals surface area contributed by atoms with Crippen LogP contribution in [0, 0.1) is 5.82 Å². The van der Waals surface area contributed by atoms with Crippen LogP contribution in [0.1, 0.15) is 28.5 Å². The van der Waals surface area contributed by atoms with E-state index in [1.54, 1.807) is 5.38 Å². The second-order valence-electron chi connectivity index (χ2n) is 5.10. The van der Waals surface area contributed by atoms with Crippen LogP contribution < -0.4 is 5.43 Å².